The topological polar surface area (TPSA) is 52.0 Å². The molecule has 0 bridgehead atoms. The van der Waals surface area contributed by atoms with Crippen LogP contribution in [-0.2, 0) is 0 Å². The van der Waals surface area contributed by atoms with Crippen molar-refractivity contribution in [2.45, 2.75) is 26.7 Å². The minimum Gasteiger partial charge on any atom is -0.361 e. The van der Waals surface area contributed by atoms with Crippen molar-refractivity contribution in [3.8, 4) is 0 Å². The molecule has 0 aromatic carbocycles. The zero-order valence-corrected chi connectivity index (χ0v) is 8.37. The Morgan fingerprint density at radius 2 is 2.31 bits per heavy atom. The van der Waals surface area contributed by atoms with Gasteiger partial charge < -0.3 is 10.3 Å². The van der Waals surface area contributed by atoms with E-state index >= 15 is 0 Å². The third kappa shape index (κ3) is 1.18. The van der Waals surface area contributed by atoms with Crippen molar-refractivity contribution in [2.24, 2.45) is 17.1 Å². The van der Waals surface area contributed by atoms with Gasteiger partial charge >= 0.3 is 0 Å². The molecular formula is C10H16N2O. The second-order valence-corrected chi connectivity index (χ2v) is 4.50. The van der Waals surface area contributed by atoms with Gasteiger partial charge in [0.05, 0.1) is 5.69 Å². The molecule has 1 aliphatic carbocycles. The molecule has 0 radical (unpaired) electrons. The molecular weight excluding hydrogens is 164 g/mol. The molecule has 1 heterocycles. The minimum atomic E-state index is 0.304. The summed E-state index contributed by atoms with van der Waals surface area (Å²) >= 11 is 0. The van der Waals surface area contributed by atoms with Crippen LogP contribution in [0.25, 0.3) is 0 Å². The Labute approximate surface area is 78.3 Å². The summed E-state index contributed by atoms with van der Waals surface area (Å²) in [4.78, 5) is 0. The van der Waals surface area contributed by atoms with E-state index in [2.05, 4.69) is 19.0 Å². The first-order chi connectivity index (χ1) is 6.07. The molecule has 3 heteroatoms. The van der Waals surface area contributed by atoms with Crippen LogP contribution in [0.4, 0.5) is 0 Å². The third-order valence-corrected chi connectivity index (χ3v) is 3.27. The Morgan fingerprint density at radius 1 is 1.62 bits per heavy atom. The smallest absolute Gasteiger partial charge is 0.133 e. The highest BCUT2D eigenvalue weighted by Crippen LogP contribution is 2.63. The number of hydrogen-bond acceptors (Lipinski definition) is 3. The summed E-state index contributed by atoms with van der Waals surface area (Å²) in [5, 5.41) is 4.04. The highest BCUT2D eigenvalue weighted by molar-refractivity contribution is 5.26. The van der Waals surface area contributed by atoms with Crippen LogP contribution < -0.4 is 5.73 Å². The first kappa shape index (κ1) is 8.75. The summed E-state index contributed by atoms with van der Waals surface area (Å²) in [6.45, 7) is 7.13. The van der Waals surface area contributed by atoms with Gasteiger partial charge in [-0.3, -0.25) is 0 Å². The molecule has 1 saturated carbocycles. The number of nitrogens with zero attached hydrogens (tertiary/aromatic N) is 1. The van der Waals surface area contributed by atoms with Gasteiger partial charge in [-0.15, -0.1) is 0 Å². The average Bonchev–Trinajstić information content (AvgIpc) is 2.41. The van der Waals surface area contributed by atoms with Crippen molar-refractivity contribution >= 4 is 0 Å². The van der Waals surface area contributed by atoms with Gasteiger partial charge in [-0.05, 0) is 24.8 Å². The molecule has 0 spiro atoms. The number of hydrogen-bond donors (Lipinski definition) is 1. The zero-order valence-electron chi connectivity index (χ0n) is 8.37. The Bertz CT molecular complexity index is 316. The van der Waals surface area contributed by atoms with E-state index in [1.807, 2.05) is 13.0 Å². The fourth-order valence-corrected chi connectivity index (χ4v) is 2.30. The van der Waals surface area contributed by atoms with Crippen LogP contribution in [0, 0.1) is 18.3 Å². The van der Waals surface area contributed by atoms with Crippen LogP contribution in [0.2, 0.25) is 0 Å². The van der Waals surface area contributed by atoms with E-state index < -0.39 is 0 Å². The highest BCUT2D eigenvalue weighted by atomic mass is 16.5. The lowest BCUT2D eigenvalue weighted by Gasteiger charge is -1.97. The normalized spacial score (nSPS) is 30.5. The summed E-state index contributed by atoms with van der Waals surface area (Å²) in [5.41, 5.74) is 7.06. The molecule has 1 fully saturated rings. The number of nitrogens with two attached hydrogens (primary N) is 1. The molecule has 2 N–H and O–H groups in total. The molecule has 13 heavy (non-hydrogen) atoms. The lowest BCUT2D eigenvalue weighted by molar-refractivity contribution is 0.388. The van der Waals surface area contributed by atoms with Crippen molar-refractivity contribution in [3.05, 3.63) is 17.5 Å². The van der Waals surface area contributed by atoms with E-state index in [9.17, 15) is 0 Å². The van der Waals surface area contributed by atoms with Crippen LogP contribution in [0.15, 0.2) is 10.6 Å². The van der Waals surface area contributed by atoms with Crippen LogP contribution in [0.5, 0.6) is 0 Å². The first-order valence-electron chi connectivity index (χ1n) is 4.70. The lowest BCUT2D eigenvalue weighted by atomic mass is 10.1. The summed E-state index contributed by atoms with van der Waals surface area (Å²) in [7, 11) is 0. The molecule has 2 atom stereocenters. The second-order valence-electron chi connectivity index (χ2n) is 4.50. The van der Waals surface area contributed by atoms with Crippen molar-refractivity contribution in [1.82, 2.24) is 5.16 Å². The maximum absolute atomic E-state index is 5.69. The van der Waals surface area contributed by atoms with Gasteiger partial charge in [-0.2, -0.15) is 0 Å². The summed E-state index contributed by atoms with van der Waals surface area (Å²) in [5.74, 6) is 1.94. The van der Waals surface area contributed by atoms with Crippen LogP contribution in [-0.4, -0.2) is 11.7 Å². The van der Waals surface area contributed by atoms with Crippen LogP contribution in [0.3, 0.4) is 0 Å². The molecule has 0 aliphatic heterocycles. The lowest BCUT2D eigenvalue weighted by Crippen LogP contribution is -2.05. The van der Waals surface area contributed by atoms with E-state index in [0.717, 1.165) is 18.0 Å². The molecule has 72 valence electrons. The van der Waals surface area contributed by atoms with Crippen molar-refractivity contribution < 1.29 is 4.52 Å². The van der Waals surface area contributed by atoms with E-state index in [0.29, 0.717) is 17.3 Å². The van der Waals surface area contributed by atoms with E-state index in [-0.39, 0.29) is 0 Å². The standard InChI is InChI=1S/C10H16N2O/c1-6-4-8(12-13-6)9-7(5-11)10(9,2)3/h4,7,9H,5,11H2,1-3H3/t7-,9+/m0/s1. The Balaban J connectivity index is 2.21. The van der Waals surface area contributed by atoms with Gasteiger partial charge in [0.1, 0.15) is 5.76 Å². The molecule has 2 rings (SSSR count). The number of aromatic nitrogens is 1. The predicted molar refractivity (Wildman–Crippen MR) is 50.3 cm³/mol. The van der Waals surface area contributed by atoms with E-state index in [4.69, 9.17) is 10.3 Å². The molecule has 3 nitrogen and oxygen atoms in total. The molecule has 0 amide bonds. The summed E-state index contributed by atoms with van der Waals surface area (Å²) in [6.07, 6.45) is 0. The fourth-order valence-electron chi connectivity index (χ4n) is 2.30. The van der Waals surface area contributed by atoms with Crippen LogP contribution >= 0.6 is 0 Å². The van der Waals surface area contributed by atoms with Gasteiger partial charge in [0, 0.05) is 12.0 Å². The van der Waals surface area contributed by atoms with Crippen LogP contribution in [0.1, 0.15) is 31.2 Å². The third-order valence-electron chi connectivity index (χ3n) is 3.27. The number of rotatable bonds is 2. The van der Waals surface area contributed by atoms with Gasteiger partial charge in [-0.25, -0.2) is 0 Å². The summed E-state index contributed by atoms with van der Waals surface area (Å²) < 4.78 is 5.06. The predicted octanol–water partition coefficient (Wildman–Crippen LogP) is 1.68. The Kier molecular flexibility index (Phi) is 1.74. The van der Waals surface area contributed by atoms with E-state index in [1.165, 1.54) is 0 Å². The van der Waals surface area contributed by atoms with Gasteiger partial charge in [-0.1, -0.05) is 19.0 Å². The molecule has 0 unspecified atom stereocenters. The number of aryl methyl sites for hydroxylation is 1. The van der Waals surface area contributed by atoms with Crippen molar-refractivity contribution in [3.63, 3.8) is 0 Å². The highest BCUT2D eigenvalue weighted by Gasteiger charge is 2.58. The molecule has 1 aliphatic rings. The van der Waals surface area contributed by atoms with Gasteiger partial charge in [0.2, 0.25) is 0 Å². The van der Waals surface area contributed by atoms with E-state index in [1.54, 1.807) is 0 Å². The first-order valence-corrected chi connectivity index (χ1v) is 4.70. The minimum absolute atomic E-state index is 0.304. The maximum atomic E-state index is 5.69. The van der Waals surface area contributed by atoms with Crippen molar-refractivity contribution in [2.75, 3.05) is 6.54 Å². The molecule has 1 aromatic heterocycles. The van der Waals surface area contributed by atoms with Crippen molar-refractivity contribution in [1.29, 1.82) is 0 Å². The maximum Gasteiger partial charge on any atom is 0.133 e. The Hall–Kier alpha value is -0.830. The van der Waals surface area contributed by atoms with Gasteiger partial charge in [0.15, 0.2) is 0 Å². The van der Waals surface area contributed by atoms with Gasteiger partial charge in [0.25, 0.3) is 0 Å². The monoisotopic (exact) mass is 180 g/mol. The Morgan fingerprint density at radius 3 is 2.69 bits per heavy atom. The second kappa shape index (κ2) is 2.58. The largest absolute Gasteiger partial charge is 0.361 e. The average molecular weight is 180 g/mol. The fraction of sp³-hybridized carbons (Fsp3) is 0.700. The molecule has 1 aromatic rings. The SMILES string of the molecule is Cc1cc([C@H]2[C@H](CN)C2(C)C)no1. The quantitative estimate of drug-likeness (QED) is 0.753. The zero-order chi connectivity index (χ0) is 9.64. The summed E-state index contributed by atoms with van der Waals surface area (Å²) in [6, 6.07) is 2.02. The molecule has 0 saturated heterocycles.